The van der Waals surface area contributed by atoms with Crippen molar-refractivity contribution in [3.05, 3.63) is 23.8 Å². The minimum Gasteiger partial charge on any atom is -0.381 e. The van der Waals surface area contributed by atoms with Crippen LogP contribution in [0.5, 0.6) is 0 Å². The van der Waals surface area contributed by atoms with Gasteiger partial charge in [0, 0.05) is 40.8 Å². The largest absolute Gasteiger partial charge is 0.381 e. The second-order valence-electron chi connectivity index (χ2n) is 8.04. The Labute approximate surface area is 176 Å². The molecule has 2 saturated heterocycles. The molecule has 0 amide bonds. The highest BCUT2D eigenvalue weighted by molar-refractivity contribution is 5.17. The lowest BCUT2D eigenvalue weighted by atomic mass is 9.95. The Hall–Kier alpha value is -0.760. The summed E-state index contributed by atoms with van der Waals surface area (Å²) in [5.74, 6) is 0.445. The third-order valence-corrected chi connectivity index (χ3v) is 6.22. The Kier molecular flexibility index (Phi) is 10.3. The summed E-state index contributed by atoms with van der Waals surface area (Å²) in [4.78, 5) is 0. The number of allylic oxidation sites excluding steroid dienone is 3. The first kappa shape index (κ1) is 24.5. The highest BCUT2D eigenvalue weighted by atomic mass is 16.7. The van der Waals surface area contributed by atoms with Crippen molar-refractivity contribution < 1.29 is 28.4 Å². The van der Waals surface area contributed by atoms with E-state index in [0.717, 1.165) is 31.3 Å². The molecule has 0 N–H and O–H groups in total. The van der Waals surface area contributed by atoms with Crippen LogP contribution in [0.15, 0.2) is 23.8 Å². The molecule has 8 unspecified atom stereocenters. The molecule has 168 valence electrons. The topological polar surface area (TPSA) is 58.7 Å². The molecule has 0 aromatic heterocycles. The zero-order valence-electron chi connectivity index (χ0n) is 19.1. The van der Waals surface area contributed by atoms with Crippen molar-refractivity contribution in [3.8, 4) is 0 Å². The van der Waals surface area contributed by atoms with Gasteiger partial charge in [-0.15, -0.1) is 0 Å². The summed E-state index contributed by atoms with van der Waals surface area (Å²) in [6, 6.07) is 0. The molecule has 0 radical (unpaired) electrons. The minimum atomic E-state index is -0.381. The van der Waals surface area contributed by atoms with Crippen LogP contribution >= 0.6 is 0 Å². The van der Waals surface area contributed by atoms with Crippen LogP contribution in [-0.2, 0) is 28.4 Å². The van der Waals surface area contributed by atoms with Crippen molar-refractivity contribution in [2.75, 3.05) is 28.4 Å². The highest BCUT2D eigenvalue weighted by Gasteiger charge is 2.44. The van der Waals surface area contributed by atoms with Crippen LogP contribution in [0, 0.1) is 5.92 Å². The maximum absolute atomic E-state index is 6.09. The van der Waals surface area contributed by atoms with Gasteiger partial charge in [0.2, 0.25) is 0 Å². The molecule has 0 aliphatic carbocycles. The van der Waals surface area contributed by atoms with E-state index in [1.54, 1.807) is 28.4 Å². The summed E-state index contributed by atoms with van der Waals surface area (Å²) in [5, 5.41) is 0. The molecule has 0 bridgehead atoms. The quantitative estimate of drug-likeness (QED) is 0.358. The van der Waals surface area contributed by atoms with Crippen LogP contribution in [0.4, 0.5) is 0 Å². The maximum atomic E-state index is 6.09. The Morgan fingerprint density at radius 3 is 2.38 bits per heavy atom. The van der Waals surface area contributed by atoms with Crippen LogP contribution in [0.3, 0.4) is 0 Å². The number of epoxide rings is 1. The molecule has 2 aliphatic heterocycles. The number of rotatable bonds is 12. The van der Waals surface area contributed by atoms with Gasteiger partial charge in [-0.1, -0.05) is 32.1 Å². The van der Waals surface area contributed by atoms with Gasteiger partial charge in [-0.3, -0.25) is 0 Å². The summed E-state index contributed by atoms with van der Waals surface area (Å²) in [7, 11) is 6.81. The van der Waals surface area contributed by atoms with Gasteiger partial charge in [0.15, 0.2) is 6.29 Å². The standard InChI is InChI=1S/C23H40O6/c1-8-17(24-4)16(3)22-18(28-22)13-11-9-10-12-15(2)21-19(25-5)14-20(26-6)23(27-7)29-21/h9-10,12,16-23H,8,11,13-14H2,1-7H3/b10-9+,15-12+. The van der Waals surface area contributed by atoms with Crippen LogP contribution in [0.1, 0.15) is 46.5 Å². The molecule has 8 atom stereocenters. The van der Waals surface area contributed by atoms with Crippen molar-refractivity contribution >= 4 is 0 Å². The molecule has 0 spiro atoms. The van der Waals surface area contributed by atoms with Gasteiger partial charge in [0.25, 0.3) is 0 Å². The van der Waals surface area contributed by atoms with Gasteiger partial charge in [-0.2, -0.15) is 0 Å². The number of hydrogen-bond acceptors (Lipinski definition) is 6. The van der Waals surface area contributed by atoms with Gasteiger partial charge in [-0.05, 0) is 31.8 Å². The monoisotopic (exact) mass is 412 g/mol. The predicted molar refractivity (Wildman–Crippen MR) is 113 cm³/mol. The van der Waals surface area contributed by atoms with Gasteiger partial charge in [0.05, 0.1) is 24.4 Å². The fourth-order valence-electron chi connectivity index (χ4n) is 4.31. The number of ether oxygens (including phenoxy) is 6. The second-order valence-corrected chi connectivity index (χ2v) is 8.04. The molecule has 29 heavy (non-hydrogen) atoms. The Balaban J connectivity index is 1.79. The molecule has 6 heteroatoms. The number of methoxy groups -OCH3 is 4. The molecule has 2 rings (SSSR count). The lowest BCUT2D eigenvalue weighted by Gasteiger charge is -2.39. The lowest BCUT2D eigenvalue weighted by Crippen LogP contribution is -2.49. The van der Waals surface area contributed by atoms with E-state index in [1.807, 2.05) is 0 Å². The summed E-state index contributed by atoms with van der Waals surface area (Å²) in [6.07, 6.45) is 10.5. The highest BCUT2D eigenvalue weighted by Crippen LogP contribution is 2.36. The van der Waals surface area contributed by atoms with E-state index in [1.165, 1.54) is 0 Å². The van der Waals surface area contributed by atoms with Crippen LogP contribution in [-0.4, -0.2) is 71.4 Å². The minimum absolute atomic E-state index is 0.0506. The van der Waals surface area contributed by atoms with E-state index in [2.05, 4.69) is 39.0 Å². The van der Waals surface area contributed by atoms with Crippen LogP contribution in [0.25, 0.3) is 0 Å². The first-order valence-corrected chi connectivity index (χ1v) is 10.8. The Bertz CT molecular complexity index is 529. The lowest BCUT2D eigenvalue weighted by molar-refractivity contribution is -0.256. The van der Waals surface area contributed by atoms with E-state index in [9.17, 15) is 0 Å². The molecular formula is C23H40O6. The maximum Gasteiger partial charge on any atom is 0.184 e. The van der Waals surface area contributed by atoms with E-state index in [4.69, 9.17) is 28.4 Å². The average Bonchev–Trinajstić information content (AvgIpc) is 3.52. The fourth-order valence-corrected chi connectivity index (χ4v) is 4.31. The SMILES string of the molecule is CCC(OC)C(C)C1OC1CC/C=C/C=C(\C)C1OC(OC)C(OC)CC1OC. The molecule has 0 saturated carbocycles. The van der Waals surface area contributed by atoms with Crippen molar-refractivity contribution in [1.82, 2.24) is 0 Å². The van der Waals surface area contributed by atoms with Crippen molar-refractivity contribution in [2.24, 2.45) is 5.92 Å². The van der Waals surface area contributed by atoms with E-state index < -0.39 is 0 Å². The summed E-state index contributed by atoms with van der Waals surface area (Å²) in [5.41, 5.74) is 1.12. The average molecular weight is 413 g/mol. The molecule has 2 fully saturated rings. The summed E-state index contributed by atoms with van der Waals surface area (Å²) < 4.78 is 34.0. The molecule has 6 nitrogen and oxygen atoms in total. The normalized spacial score (nSPS) is 35.1. The van der Waals surface area contributed by atoms with Crippen molar-refractivity contribution in [3.63, 3.8) is 0 Å². The third kappa shape index (κ3) is 6.61. The molecule has 0 aromatic rings. The van der Waals surface area contributed by atoms with Crippen LogP contribution in [0.2, 0.25) is 0 Å². The predicted octanol–water partition coefficient (Wildman–Crippen LogP) is 3.89. The Morgan fingerprint density at radius 1 is 1.07 bits per heavy atom. The smallest absolute Gasteiger partial charge is 0.184 e. The van der Waals surface area contributed by atoms with Crippen LogP contribution < -0.4 is 0 Å². The molecular weight excluding hydrogens is 372 g/mol. The van der Waals surface area contributed by atoms with E-state index in [-0.39, 0.29) is 30.7 Å². The summed E-state index contributed by atoms with van der Waals surface area (Å²) >= 11 is 0. The van der Waals surface area contributed by atoms with Gasteiger partial charge >= 0.3 is 0 Å². The fraction of sp³-hybridized carbons (Fsp3) is 0.826. The zero-order valence-corrected chi connectivity index (χ0v) is 19.1. The van der Waals surface area contributed by atoms with Crippen molar-refractivity contribution in [1.29, 1.82) is 0 Å². The zero-order chi connectivity index (χ0) is 21.4. The molecule has 2 heterocycles. The summed E-state index contributed by atoms with van der Waals surface area (Å²) in [6.45, 7) is 6.45. The molecule has 0 aromatic carbocycles. The number of hydrogen-bond donors (Lipinski definition) is 0. The van der Waals surface area contributed by atoms with Gasteiger partial charge in [-0.25, -0.2) is 0 Å². The first-order chi connectivity index (χ1) is 14.0. The molecule has 2 aliphatic rings. The second kappa shape index (κ2) is 12.2. The van der Waals surface area contributed by atoms with Crippen molar-refractivity contribution in [2.45, 2.75) is 89.4 Å². The Morgan fingerprint density at radius 2 is 1.79 bits per heavy atom. The third-order valence-electron chi connectivity index (χ3n) is 6.22. The first-order valence-electron chi connectivity index (χ1n) is 10.8. The van der Waals surface area contributed by atoms with Gasteiger partial charge < -0.3 is 28.4 Å². The van der Waals surface area contributed by atoms with Gasteiger partial charge in [0.1, 0.15) is 12.2 Å². The van der Waals surface area contributed by atoms with E-state index >= 15 is 0 Å². The van der Waals surface area contributed by atoms with E-state index in [0.29, 0.717) is 18.1 Å².